The quantitative estimate of drug-likeness (QED) is 0.840. The molecule has 2 aromatic rings. The van der Waals surface area contributed by atoms with E-state index in [0.717, 1.165) is 19.5 Å². The summed E-state index contributed by atoms with van der Waals surface area (Å²) in [5.74, 6) is 0.253. The van der Waals surface area contributed by atoms with Gasteiger partial charge in [-0.15, -0.1) is 0 Å². The molecule has 0 spiro atoms. The van der Waals surface area contributed by atoms with Gasteiger partial charge in [-0.1, -0.05) is 67.6 Å². The van der Waals surface area contributed by atoms with Gasteiger partial charge in [-0.3, -0.25) is 4.79 Å². The number of carbonyl (C=O) groups is 1. The number of amides is 1. The molecule has 1 saturated heterocycles. The Bertz CT molecular complexity index is 566. The van der Waals surface area contributed by atoms with Crippen molar-refractivity contribution < 1.29 is 4.79 Å². The standard InChI is InChI=1S/C19H21NO/c1-2-18(21)20-14-13-19(15-20,16-9-5-3-6-10-16)17-11-7-4-8-12-17/h3-12H,2,13-15H2,1H3. The summed E-state index contributed by atoms with van der Waals surface area (Å²) in [6.45, 7) is 3.57. The molecule has 1 heterocycles. The Balaban J connectivity index is 2.04. The third kappa shape index (κ3) is 2.46. The number of likely N-dealkylation sites (tertiary alicyclic amines) is 1. The molecule has 2 nitrogen and oxygen atoms in total. The Hall–Kier alpha value is -2.09. The first-order valence-electron chi connectivity index (χ1n) is 7.65. The summed E-state index contributed by atoms with van der Waals surface area (Å²) in [4.78, 5) is 14.1. The fourth-order valence-corrected chi connectivity index (χ4v) is 3.40. The Kier molecular flexibility index (Phi) is 3.78. The minimum atomic E-state index is -0.0622. The zero-order valence-corrected chi connectivity index (χ0v) is 12.5. The molecule has 2 heteroatoms. The van der Waals surface area contributed by atoms with Crippen LogP contribution < -0.4 is 0 Å². The van der Waals surface area contributed by atoms with Gasteiger partial charge >= 0.3 is 0 Å². The molecule has 1 fully saturated rings. The summed E-state index contributed by atoms with van der Waals surface area (Å²) in [5, 5.41) is 0. The SMILES string of the molecule is CCC(=O)N1CCC(c2ccccc2)(c2ccccc2)C1. The van der Waals surface area contributed by atoms with E-state index in [0.29, 0.717) is 6.42 Å². The van der Waals surface area contributed by atoms with Crippen molar-refractivity contribution in [2.45, 2.75) is 25.2 Å². The minimum absolute atomic E-state index is 0.0622. The largest absolute Gasteiger partial charge is 0.341 e. The van der Waals surface area contributed by atoms with E-state index in [1.807, 2.05) is 24.0 Å². The highest BCUT2D eigenvalue weighted by atomic mass is 16.2. The minimum Gasteiger partial charge on any atom is -0.341 e. The van der Waals surface area contributed by atoms with Crippen LogP contribution in [0.5, 0.6) is 0 Å². The number of hydrogen-bond donors (Lipinski definition) is 0. The van der Waals surface area contributed by atoms with E-state index in [4.69, 9.17) is 0 Å². The first-order chi connectivity index (χ1) is 10.3. The second kappa shape index (κ2) is 5.72. The zero-order chi connectivity index (χ0) is 14.7. The molecular formula is C19H21NO. The van der Waals surface area contributed by atoms with Gasteiger partial charge in [0.1, 0.15) is 0 Å². The van der Waals surface area contributed by atoms with E-state index < -0.39 is 0 Å². The number of carbonyl (C=O) groups excluding carboxylic acids is 1. The molecule has 0 bridgehead atoms. The Morgan fingerprint density at radius 3 is 2.00 bits per heavy atom. The topological polar surface area (TPSA) is 20.3 Å². The normalized spacial score (nSPS) is 16.9. The summed E-state index contributed by atoms with van der Waals surface area (Å²) in [7, 11) is 0. The van der Waals surface area contributed by atoms with Crippen LogP contribution in [-0.2, 0) is 10.2 Å². The van der Waals surface area contributed by atoms with E-state index in [-0.39, 0.29) is 11.3 Å². The lowest BCUT2D eigenvalue weighted by atomic mass is 9.74. The van der Waals surface area contributed by atoms with E-state index in [2.05, 4.69) is 48.5 Å². The van der Waals surface area contributed by atoms with E-state index in [9.17, 15) is 4.79 Å². The van der Waals surface area contributed by atoms with Crippen LogP contribution in [0.4, 0.5) is 0 Å². The van der Waals surface area contributed by atoms with Crippen LogP contribution >= 0.6 is 0 Å². The number of rotatable bonds is 3. The van der Waals surface area contributed by atoms with Crippen LogP contribution in [0.1, 0.15) is 30.9 Å². The van der Waals surface area contributed by atoms with Crippen molar-refractivity contribution in [1.29, 1.82) is 0 Å². The summed E-state index contributed by atoms with van der Waals surface area (Å²) in [6, 6.07) is 21.2. The summed E-state index contributed by atoms with van der Waals surface area (Å²) in [6.07, 6.45) is 1.58. The summed E-state index contributed by atoms with van der Waals surface area (Å²) >= 11 is 0. The highest BCUT2D eigenvalue weighted by Gasteiger charge is 2.42. The molecule has 0 aliphatic carbocycles. The molecule has 108 valence electrons. The molecule has 0 unspecified atom stereocenters. The van der Waals surface area contributed by atoms with Gasteiger partial charge in [0.15, 0.2) is 0 Å². The van der Waals surface area contributed by atoms with Crippen molar-refractivity contribution >= 4 is 5.91 Å². The maximum Gasteiger partial charge on any atom is 0.222 e. The second-order valence-electron chi connectivity index (χ2n) is 5.73. The lowest BCUT2D eigenvalue weighted by Crippen LogP contribution is -2.35. The molecule has 1 aliphatic heterocycles. The van der Waals surface area contributed by atoms with Crippen LogP contribution in [0.25, 0.3) is 0 Å². The number of hydrogen-bond acceptors (Lipinski definition) is 1. The Labute approximate surface area is 126 Å². The molecular weight excluding hydrogens is 258 g/mol. The third-order valence-electron chi connectivity index (χ3n) is 4.58. The monoisotopic (exact) mass is 279 g/mol. The van der Waals surface area contributed by atoms with Crippen LogP contribution in [0.3, 0.4) is 0 Å². The van der Waals surface area contributed by atoms with Crippen molar-refractivity contribution in [2.75, 3.05) is 13.1 Å². The zero-order valence-electron chi connectivity index (χ0n) is 12.5. The van der Waals surface area contributed by atoms with Crippen LogP contribution in [0.2, 0.25) is 0 Å². The molecule has 0 N–H and O–H groups in total. The predicted molar refractivity (Wildman–Crippen MR) is 85.2 cm³/mol. The first-order valence-corrected chi connectivity index (χ1v) is 7.65. The van der Waals surface area contributed by atoms with Crippen molar-refractivity contribution in [1.82, 2.24) is 4.90 Å². The Morgan fingerprint density at radius 1 is 1.00 bits per heavy atom. The van der Waals surface area contributed by atoms with Crippen molar-refractivity contribution in [3.63, 3.8) is 0 Å². The van der Waals surface area contributed by atoms with Gasteiger partial charge in [0.25, 0.3) is 0 Å². The van der Waals surface area contributed by atoms with Gasteiger partial charge < -0.3 is 4.90 Å². The maximum atomic E-state index is 12.1. The highest BCUT2D eigenvalue weighted by Crippen LogP contribution is 2.40. The van der Waals surface area contributed by atoms with E-state index >= 15 is 0 Å². The average Bonchev–Trinajstić information content (AvgIpc) is 3.02. The smallest absolute Gasteiger partial charge is 0.222 e. The van der Waals surface area contributed by atoms with Gasteiger partial charge in [-0.05, 0) is 17.5 Å². The summed E-state index contributed by atoms with van der Waals surface area (Å²) in [5.41, 5.74) is 2.55. The molecule has 0 radical (unpaired) electrons. The highest BCUT2D eigenvalue weighted by molar-refractivity contribution is 5.76. The van der Waals surface area contributed by atoms with Crippen molar-refractivity contribution in [3.05, 3.63) is 71.8 Å². The molecule has 2 aromatic carbocycles. The predicted octanol–water partition coefficient (Wildman–Crippen LogP) is 3.62. The number of benzene rings is 2. The summed E-state index contributed by atoms with van der Waals surface area (Å²) < 4.78 is 0. The fraction of sp³-hybridized carbons (Fsp3) is 0.316. The second-order valence-corrected chi connectivity index (χ2v) is 5.73. The van der Waals surface area contributed by atoms with Crippen LogP contribution in [0, 0.1) is 0 Å². The molecule has 1 amide bonds. The number of nitrogens with zero attached hydrogens (tertiary/aromatic N) is 1. The van der Waals surface area contributed by atoms with Crippen LogP contribution in [0.15, 0.2) is 60.7 Å². The third-order valence-corrected chi connectivity index (χ3v) is 4.58. The fourth-order valence-electron chi connectivity index (χ4n) is 3.40. The molecule has 0 saturated carbocycles. The van der Waals surface area contributed by atoms with Gasteiger partial charge in [0.2, 0.25) is 5.91 Å². The van der Waals surface area contributed by atoms with E-state index in [1.54, 1.807) is 0 Å². The molecule has 1 aliphatic rings. The van der Waals surface area contributed by atoms with Crippen molar-refractivity contribution in [2.24, 2.45) is 0 Å². The van der Waals surface area contributed by atoms with Gasteiger partial charge in [-0.25, -0.2) is 0 Å². The molecule has 3 rings (SSSR count). The van der Waals surface area contributed by atoms with Gasteiger partial charge in [0.05, 0.1) is 0 Å². The molecule has 21 heavy (non-hydrogen) atoms. The molecule has 0 atom stereocenters. The maximum absolute atomic E-state index is 12.1. The lowest BCUT2D eigenvalue weighted by molar-refractivity contribution is -0.129. The van der Waals surface area contributed by atoms with Crippen LogP contribution in [-0.4, -0.2) is 23.9 Å². The molecule has 0 aromatic heterocycles. The van der Waals surface area contributed by atoms with Gasteiger partial charge in [0, 0.05) is 24.9 Å². The van der Waals surface area contributed by atoms with E-state index in [1.165, 1.54) is 11.1 Å². The lowest BCUT2D eigenvalue weighted by Gasteiger charge is -2.30. The first kappa shape index (κ1) is 13.9. The Morgan fingerprint density at radius 2 is 1.52 bits per heavy atom. The van der Waals surface area contributed by atoms with Gasteiger partial charge in [-0.2, -0.15) is 0 Å². The van der Waals surface area contributed by atoms with Crippen molar-refractivity contribution in [3.8, 4) is 0 Å². The average molecular weight is 279 g/mol.